The van der Waals surface area contributed by atoms with Gasteiger partial charge in [0.15, 0.2) is 6.73 Å². The van der Waals surface area contributed by atoms with Gasteiger partial charge in [0, 0.05) is 81.1 Å². The summed E-state index contributed by atoms with van der Waals surface area (Å²) in [6, 6.07) is 5.38. The van der Waals surface area contributed by atoms with Crippen LogP contribution in [0.25, 0.3) is 23.1 Å². The van der Waals surface area contributed by atoms with Crippen molar-refractivity contribution in [3.8, 4) is 0 Å². The van der Waals surface area contributed by atoms with Crippen LogP contribution >= 0.6 is 0 Å². The number of nitrogens with zero attached hydrogens (tertiary/aromatic N) is 6. The van der Waals surface area contributed by atoms with Crippen molar-refractivity contribution in [1.29, 1.82) is 0 Å². The van der Waals surface area contributed by atoms with E-state index >= 15 is 0 Å². The van der Waals surface area contributed by atoms with E-state index in [9.17, 15) is 19.2 Å². The van der Waals surface area contributed by atoms with Gasteiger partial charge < -0.3 is 35.1 Å². The zero-order valence-electron chi connectivity index (χ0n) is 42.2. The minimum Gasteiger partial charge on any atom is -0.426 e. The first kappa shape index (κ1) is 55.4. The number of aromatic amines is 1. The second-order valence-corrected chi connectivity index (χ2v) is 17.6. The third kappa shape index (κ3) is 16.7. The van der Waals surface area contributed by atoms with Gasteiger partial charge in [-0.2, -0.15) is 5.10 Å². The number of piperazine rings is 1. The Hall–Kier alpha value is -4.95. The number of H-pyrrole nitrogens is 1. The fourth-order valence-electron chi connectivity index (χ4n) is 8.54. The number of pyridine rings is 1. The van der Waals surface area contributed by atoms with Crippen LogP contribution in [0.2, 0.25) is 0 Å². The molecular weight excluding hydrogens is 831 g/mol. The maximum absolute atomic E-state index is 14.4. The first-order valence-electron chi connectivity index (χ1n) is 25.1. The van der Waals surface area contributed by atoms with Crippen LogP contribution in [0.1, 0.15) is 147 Å². The van der Waals surface area contributed by atoms with E-state index in [4.69, 9.17) is 4.74 Å². The average molecular weight is 916 g/mol. The molecule has 3 fully saturated rings. The van der Waals surface area contributed by atoms with Gasteiger partial charge in [-0.1, -0.05) is 106 Å². The van der Waals surface area contributed by atoms with E-state index in [-0.39, 0.29) is 30.1 Å². The number of nitrogens with one attached hydrogen (secondary N) is 3. The molecule has 3 aromatic rings. The van der Waals surface area contributed by atoms with Gasteiger partial charge in [0.25, 0.3) is 5.56 Å². The van der Waals surface area contributed by atoms with Crippen LogP contribution in [0, 0.1) is 6.92 Å². The molecule has 0 radical (unpaired) electrons. The number of piperidine rings is 2. The van der Waals surface area contributed by atoms with Crippen LogP contribution in [-0.4, -0.2) is 130 Å². The molecule has 0 spiro atoms. The summed E-state index contributed by atoms with van der Waals surface area (Å²) in [7, 11) is 2.17. The number of carbonyl (C=O) groups is 3. The molecule has 3 saturated heterocycles. The first-order valence-corrected chi connectivity index (χ1v) is 25.1. The molecule has 0 bridgehead atoms. The maximum atomic E-state index is 14.4. The minimum absolute atomic E-state index is 0.00477. The van der Waals surface area contributed by atoms with Crippen molar-refractivity contribution in [3.63, 3.8) is 0 Å². The summed E-state index contributed by atoms with van der Waals surface area (Å²) < 4.78 is 7.00. The molecule has 4 amide bonds. The molecule has 1 atom stereocenters. The molecule has 3 aliphatic heterocycles. The Labute approximate surface area is 396 Å². The summed E-state index contributed by atoms with van der Waals surface area (Å²) in [5.74, 6) is -0.0892. The van der Waals surface area contributed by atoms with Crippen molar-refractivity contribution < 1.29 is 19.1 Å². The van der Waals surface area contributed by atoms with Crippen molar-refractivity contribution >= 4 is 41.1 Å². The lowest BCUT2D eigenvalue weighted by molar-refractivity contribution is -0.135. The molecule has 14 heteroatoms. The molecule has 1 unspecified atom stereocenters. The summed E-state index contributed by atoms with van der Waals surface area (Å²) in [6.45, 7) is 30.9. The SMILES string of the molecule is C=Cc1cc(C2CCN(C(=O)NC(Cc3cc(C)c4nn(COC(=O)NCCCCC)cc4c3)C(=O)N3CCN(C4CCN(C)CC4)CC3)CC2)c(=O)[nH]c1C=C.CC.CCC.CCCC. The number of rotatable bonds is 15. The van der Waals surface area contributed by atoms with Crippen LogP contribution < -0.4 is 16.2 Å². The molecule has 5 heterocycles. The summed E-state index contributed by atoms with van der Waals surface area (Å²) in [4.78, 5) is 65.0. The van der Waals surface area contributed by atoms with Crippen molar-refractivity contribution in [2.45, 2.75) is 151 Å². The number of unbranched alkanes of at least 4 members (excludes halogenated alkanes) is 3. The number of fused-ring (bicyclic) bond motifs is 1. The van der Waals surface area contributed by atoms with Gasteiger partial charge in [0.1, 0.15) is 6.04 Å². The molecular formula is C52H85N9O5. The molecule has 368 valence electrons. The maximum Gasteiger partial charge on any atom is 0.408 e. The fraction of sp³-hybridized carbons (Fsp3) is 0.635. The topological polar surface area (TPSA) is 148 Å². The predicted molar refractivity (Wildman–Crippen MR) is 272 cm³/mol. The first-order chi connectivity index (χ1) is 31.9. The number of likely N-dealkylation sites (tertiary alicyclic amines) is 2. The van der Waals surface area contributed by atoms with E-state index in [1.165, 1.54) is 19.3 Å². The summed E-state index contributed by atoms with van der Waals surface area (Å²) in [5, 5.41) is 11.4. The standard InChI is InChI=1S/C43H61N9O5.C4H10.C3H8.C2H6/c1-6-9-10-15-44-43(56)57-29-52-28-34-25-31(24-30(4)39(34)47-52)26-38(41(54)50-22-20-49(21-23-50)35-13-16-48(5)17-14-35)46-42(55)51-18-11-33(12-19-51)36-27-32(7-2)37(8-3)45-40(36)53;1-3-4-2;1-3-2;1-2/h7-8,24-25,27-28,33,35,38H,2-3,6,9-23,26,29H2,1,4-5H3,(H,44,56)(H,45,53)(H,46,55);3-4H2,1-2H3;3H2,1-2H3;1-2H3. The molecule has 14 nitrogen and oxygen atoms in total. The molecule has 0 aliphatic carbocycles. The Morgan fingerprint density at radius 3 is 2.11 bits per heavy atom. The Balaban J connectivity index is 0.00000119. The second-order valence-electron chi connectivity index (χ2n) is 17.6. The zero-order chi connectivity index (χ0) is 48.6. The van der Waals surface area contributed by atoms with Crippen molar-refractivity contribution in [2.24, 2.45) is 0 Å². The molecule has 1 aromatic carbocycles. The quantitative estimate of drug-likeness (QED) is 0.128. The van der Waals surface area contributed by atoms with Crippen LogP contribution in [0.15, 0.2) is 42.3 Å². The number of alkyl carbamates (subject to hydrolysis) is 1. The van der Waals surface area contributed by atoms with Gasteiger partial charge in [-0.05, 0) is 100.0 Å². The number of aryl methyl sites for hydroxylation is 1. The lowest BCUT2D eigenvalue weighted by atomic mass is 9.89. The van der Waals surface area contributed by atoms with Crippen LogP contribution in [0.4, 0.5) is 9.59 Å². The molecule has 3 aliphatic rings. The summed E-state index contributed by atoms with van der Waals surface area (Å²) >= 11 is 0. The Kier molecular flexibility index (Phi) is 24.9. The number of urea groups is 1. The lowest BCUT2D eigenvalue weighted by Gasteiger charge is -2.43. The minimum atomic E-state index is -0.777. The lowest BCUT2D eigenvalue weighted by Crippen LogP contribution is -2.59. The van der Waals surface area contributed by atoms with E-state index in [0.29, 0.717) is 69.3 Å². The predicted octanol–water partition coefficient (Wildman–Crippen LogP) is 9.18. The molecule has 6 rings (SSSR count). The van der Waals surface area contributed by atoms with Crippen molar-refractivity contribution in [3.05, 3.63) is 75.9 Å². The number of amides is 4. The largest absolute Gasteiger partial charge is 0.426 e. The number of hydrogen-bond acceptors (Lipinski definition) is 8. The molecule has 2 aromatic heterocycles. The van der Waals surface area contributed by atoms with E-state index < -0.39 is 12.1 Å². The van der Waals surface area contributed by atoms with Gasteiger partial charge in [0.2, 0.25) is 5.91 Å². The summed E-state index contributed by atoms with van der Waals surface area (Å²) in [5.41, 5.74) is 4.61. The molecule has 3 N–H and O–H groups in total. The van der Waals surface area contributed by atoms with E-state index in [1.54, 1.807) is 21.7 Å². The van der Waals surface area contributed by atoms with E-state index in [1.807, 2.05) is 50.1 Å². The van der Waals surface area contributed by atoms with Gasteiger partial charge in [-0.15, -0.1) is 0 Å². The van der Waals surface area contributed by atoms with E-state index in [0.717, 1.165) is 85.9 Å². The fourth-order valence-corrected chi connectivity index (χ4v) is 8.54. The normalized spacial score (nSPS) is 16.4. The summed E-state index contributed by atoms with van der Waals surface area (Å²) in [6.07, 6.45) is 15.4. The average Bonchev–Trinajstić information content (AvgIpc) is 3.76. The van der Waals surface area contributed by atoms with Gasteiger partial charge in [0.05, 0.1) is 5.52 Å². The van der Waals surface area contributed by atoms with Crippen LogP contribution in [0.5, 0.6) is 0 Å². The smallest absolute Gasteiger partial charge is 0.408 e. The van der Waals surface area contributed by atoms with Gasteiger partial charge >= 0.3 is 12.1 Å². The highest BCUT2D eigenvalue weighted by Crippen LogP contribution is 2.28. The highest BCUT2D eigenvalue weighted by molar-refractivity contribution is 5.88. The third-order valence-electron chi connectivity index (χ3n) is 12.4. The monoisotopic (exact) mass is 916 g/mol. The van der Waals surface area contributed by atoms with Crippen molar-refractivity contribution in [2.75, 3.05) is 66.0 Å². The molecule has 0 saturated carbocycles. The number of carbonyl (C=O) groups excluding carboxylic acids is 3. The van der Waals surface area contributed by atoms with Crippen LogP contribution in [0.3, 0.4) is 0 Å². The highest BCUT2D eigenvalue weighted by atomic mass is 16.6. The Morgan fingerprint density at radius 2 is 1.52 bits per heavy atom. The Bertz CT molecular complexity index is 2000. The van der Waals surface area contributed by atoms with Gasteiger partial charge in [-0.25, -0.2) is 14.3 Å². The third-order valence-corrected chi connectivity index (χ3v) is 12.4. The second kappa shape index (κ2) is 29.6. The number of ether oxygens (including phenoxy) is 1. The van der Waals surface area contributed by atoms with Crippen molar-refractivity contribution in [1.82, 2.24) is 45.0 Å². The van der Waals surface area contributed by atoms with Crippen LogP contribution in [-0.2, 0) is 22.7 Å². The van der Waals surface area contributed by atoms with Gasteiger partial charge in [-0.3, -0.25) is 14.5 Å². The Morgan fingerprint density at radius 1 is 0.864 bits per heavy atom. The highest BCUT2D eigenvalue weighted by Gasteiger charge is 2.34. The number of benzene rings is 1. The van der Waals surface area contributed by atoms with E-state index in [2.05, 4.69) is 85.3 Å². The number of hydrogen-bond donors (Lipinski definition) is 3. The zero-order valence-corrected chi connectivity index (χ0v) is 42.2. The molecule has 66 heavy (non-hydrogen) atoms. The number of aromatic nitrogens is 3.